The average molecular weight is 401 g/mol. The molecule has 2 fully saturated rings. The first-order valence-corrected chi connectivity index (χ1v) is 10.9. The van der Waals surface area contributed by atoms with Crippen LogP contribution in [0, 0.1) is 18.3 Å². The van der Waals surface area contributed by atoms with Gasteiger partial charge in [-0.2, -0.15) is 0 Å². The first-order valence-electron chi connectivity index (χ1n) is 10.9. The summed E-state index contributed by atoms with van der Waals surface area (Å²) in [4.78, 5) is 21.4. The molecule has 0 spiro atoms. The molecule has 0 radical (unpaired) electrons. The summed E-state index contributed by atoms with van der Waals surface area (Å²) in [6.45, 7) is 4.91. The molecule has 0 aliphatic carbocycles. The van der Waals surface area contributed by atoms with Crippen molar-refractivity contribution in [2.75, 3.05) is 32.9 Å². The van der Waals surface area contributed by atoms with Crippen molar-refractivity contribution in [3.05, 3.63) is 35.4 Å². The van der Waals surface area contributed by atoms with E-state index in [4.69, 9.17) is 9.57 Å². The lowest BCUT2D eigenvalue weighted by Gasteiger charge is -2.43. The first-order chi connectivity index (χ1) is 14.1. The van der Waals surface area contributed by atoms with E-state index in [1.165, 1.54) is 5.56 Å². The van der Waals surface area contributed by atoms with Crippen molar-refractivity contribution in [3.8, 4) is 0 Å². The molecule has 3 heterocycles. The minimum absolute atomic E-state index is 0.0786. The summed E-state index contributed by atoms with van der Waals surface area (Å²) in [7, 11) is 0. The second-order valence-corrected chi connectivity index (χ2v) is 8.82. The van der Waals surface area contributed by atoms with Crippen LogP contribution >= 0.6 is 0 Å². The van der Waals surface area contributed by atoms with Crippen molar-refractivity contribution in [1.29, 1.82) is 0 Å². The molecule has 1 amide bonds. The summed E-state index contributed by atoms with van der Waals surface area (Å²) in [5, 5.41) is 13.9. The van der Waals surface area contributed by atoms with Crippen LogP contribution in [0.15, 0.2) is 29.4 Å². The van der Waals surface area contributed by atoms with E-state index in [0.29, 0.717) is 26.2 Å². The van der Waals surface area contributed by atoms with E-state index in [2.05, 4.69) is 24.2 Å². The van der Waals surface area contributed by atoms with Crippen LogP contribution in [-0.2, 0) is 14.4 Å². The molecule has 158 valence electrons. The van der Waals surface area contributed by atoms with Crippen LogP contribution in [0.25, 0.3) is 0 Å². The molecular weight excluding hydrogens is 368 g/mol. The molecule has 0 aromatic heterocycles. The molecule has 1 aromatic carbocycles. The van der Waals surface area contributed by atoms with Crippen molar-refractivity contribution in [3.63, 3.8) is 0 Å². The molecule has 6 heteroatoms. The number of carbonyl (C=O) groups excluding carboxylic acids is 1. The number of aliphatic hydroxyl groups is 1. The summed E-state index contributed by atoms with van der Waals surface area (Å²) >= 11 is 0. The summed E-state index contributed by atoms with van der Waals surface area (Å²) in [5.41, 5.74) is 2.85. The Hall–Kier alpha value is -1.92. The maximum absolute atomic E-state index is 13.6. The number of benzene rings is 1. The third-order valence-electron chi connectivity index (χ3n) is 6.78. The lowest BCUT2D eigenvalue weighted by atomic mass is 9.73. The summed E-state index contributed by atoms with van der Waals surface area (Å²) in [6, 6.07) is 8.22. The van der Waals surface area contributed by atoms with Crippen molar-refractivity contribution >= 4 is 11.6 Å². The van der Waals surface area contributed by atoms with Crippen LogP contribution in [0.3, 0.4) is 0 Å². The van der Waals surface area contributed by atoms with Crippen molar-refractivity contribution in [1.82, 2.24) is 4.90 Å². The maximum Gasteiger partial charge on any atom is 0.229 e. The lowest BCUT2D eigenvalue weighted by Crippen LogP contribution is -2.51. The minimum atomic E-state index is -0.447. The van der Waals surface area contributed by atoms with E-state index < -0.39 is 5.41 Å². The number of nitrogens with zero attached hydrogens (tertiary/aromatic N) is 2. The van der Waals surface area contributed by atoms with Gasteiger partial charge in [0.1, 0.15) is 6.10 Å². The summed E-state index contributed by atoms with van der Waals surface area (Å²) in [5.74, 6) is 0.412. The van der Waals surface area contributed by atoms with Gasteiger partial charge in [0.15, 0.2) is 0 Å². The van der Waals surface area contributed by atoms with Gasteiger partial charge in [0.05, 0.1) is 11.1 Å². The molecule has 0 unspecified atom stereocenters. The Bertz CT molecular complexity index is 757. The normalized spacial score (nSPS) is 26.7. The zero-order valence-electron chi connectivity index (χ0n) is 17.3. The van der Waals surface area contributed by atoms with E-state index in [9.17, 15) is 9.90 Å². The highest BCUT2D eigenvalue weighted by atomic mass is 16.6. The second-order valence-electron chi connectivity index (χ2n) is 8.82. The van der Waals surface area contributed by atoms with Crippen molar-refractivity contribution in [2.24, 2.45) is 16.5 Å². The Kier molecular flexibility index (Phi) is 6.20. The highest BCUT2D eigenvalue weighted by Crippen LogP contribution is 2.41. The van der Waals surface area contributed by atoms with E-state index in [1.807, 2.05) is 17.0 Å². The number of ether oxygens (including phenoxy) is 1. The number of amides is 1. The summed E-state index contributed by atoms with van der Waals surface area (Å²) in [6.07, 6.45) is 4.75. The number of carbonyl (C=O) groups is 1. The molecule has 4 rings (SSSR count). The SMILES string of the molecule is Cc1ccccc1C1=NO[C@H](CC2(C(=O)N3CCC[C@@H](CO)C3)CCOCC2)C1. The van der Waals surface area contributed by atoms with Crippen molar-refractivity contribution < 1.29 is 19.5 Å². The highest BCUT2D eigenvalue weighted by Gasteiger charge is 2.46. The van der Waals surface area contributed by atoms with Gasteiger partial charge in [-0.3, -0.25) is 4.79 Å². The van der Waals surface area contributed by atoms with Gasteiger partial charge in [0.25, 0.3) is 0 Å². The zero-order valence-corrected chi connectivity index (χ0v) is 17.3. The predicted octanol–water partition coefficient (Wildman–Crippen LogP) is 2.91. The van der Waals surface area contributed by atoms with Crippen molar-refractivity contribution in [2.45, 2.75) is 51.6 Å². The van der Waals surface area contributed by atoms with Gasteiger partial charge in [0.2, 0.25) is 5.91 Å². The fraction of sp³-hybridized carbons (Fsp3) is 0.652. The number of oxime groups is 1. The molecular formula is C23H32N2O4. The molecule has 3 aliphatic heterocycles. The van der Waals surface area contributed by atoms with E-state index >= 15 is 0 Å². The molecule has 1 N–H and O–H groups in total. The fourth-order valence-electron chi connectivity index (χ4n) is 5.03. The number of likely N-dealkylation sites (tertiary alicyclic amines) is 1. The molecule has 29 heavy (non-hydrogen) atoms. The van der Waals surface area contributed by atoms with Crippen LogP contribution in [0.2, 0.25) is 0 Å². The van der Waals surface area contributed by atoms with Gasteiger partial charge in [-0.15, -0.1) is 0 Å². The number of aliphatic hydroxyl groups excluding tert-OH is 1. The van der Waals surface area contributed by atoms with Gasteiger partial charge in [0, 0.05) is 51.3 Å². The van der Waals surface area contributed by atoms with Gasteiger partial charge in [-0.1, -0.05) is 29.4 Å². The smallest absolute Gasteiger partial charge is 0.229 e. The van der Waals surface area contributed by atoms with Gasteiger partial charge < -0.3 is 19.6 Å². The molecule has 1 aromatic rings. The molecule has 3 aliphatic rings. The molecule has 0 saturated carbocycles. The van der Waals surface area contributed by atoms with Crippen LogP contribution in [-0.4, -0.2) is 60.6 Å². The average Bonchev–Trinajstić information content (AvgIpc) is 3.22. The number of hydrogen-bond acceptors (Lipinski definition) is 5. The lowest BCUT2D eigenvalue weighted by molar-refractivity contribution is -0.153. The third-order valence-corrected chi connectivity index (χ3v) is 6.78. The van der Waals surface area contributed by atoms with Gasteiger partial charge in [-0.05, 0) is 44.1 Å². The first kappa shape index (κ1) is 20.4. The monoisotopic (exact) mass is 400 g/mol. The van der Waals surface area contributed by atoms with Gasteiger partial charge in [-0.25, -0.2) is 0 Å². The Balaban J connectivity index is 1.46. The molecule has 2 atom stereocenters. The zero-order chi connectivity index (χ0) is 20.3. The molecule has 0 bridgehead atoms. The Morgan fingerprint density at radius 1 is 1.31 bits per heavy atom. The number of rotatable bonds is 5. The Labute approximate surface area is 172 Å². The maximum atomic E-state index is 13.6. The standard InChI is InChI=1S/C23H32N2O4/c1-17-5-2-3-7-20(17)21-13-19(29-24-21)14-23(8-11-28-12-9-23)22(27)25-10-4-6-18(15-25)16-26/h2-3,5,7,18-19,26H,4,6,8-16H2,1H3/t18-,19+/m1/s1. The predicted molar refractivity (Wildman–Crippen MR) is 111 cm³/mol. The van der Waals surface area contributed by atoms with Crippen LogP contribution < -0.4 is 0 Å². The Morgan fingerprint density at radius 2 is 2.10 bits per heavy atom. The Morgan fingerprint density at radius 3 is 2.86 bits per heavy atom. The minimum Gasteiger partial charge on any atom is -0.396 e. The number of piperidine rings is 1. The van der Waals surface area contributed by atoms with Crippen LogP contribution in [0.4, 0.5) is 0 Å². The molecule has 6 nitrogen and oxygen atoms in total. The second kappa shape index (κ2) is 8.84. The third kappa shape index (κ3) is 4.33. The quantitative estimate of drug-likeness (QED) is 0.825. The van der Waals surface area contributed by atoms with E-state index in [0.717, 1.165) is 49.9 Å². The van der Waals surface area contributed by atoms with E-state index in [-0.39, 0.29) is 24.5 Å². The fourth-order valence-corrected chi connectivity index (χ4v) is 5.03. The summed E-state index contributed by atoms with van der Waals surface area (Å²) < 4.78 is 5.60. The number of aryl methyl sites for hydroxylation is 1. The van der Waals surface area contributed by atoms with Gasteiger partial charge >= 0.3 is 0 Å². The largest absolute Gasteiger partial charge is 0.396 e. The van der Waals surface area contributed by atoms with Crippen LogP contribution in [0.5, 0.6) is 0 Å². The molecule has 2 saturated heterocycles. The van der Waals surface area contributed by atoms with E-state index in [1.54, 1.807) is 0 Å². The highest BCUT2D eigenvalue weighted by molar-refractivity contribution is 6.02. The van der Waals surface area contributed by atoms with Crippen LogP contribution in [0.1, 0.15) is 49.7 Å². The topological polar surface area (TPSA) is 71.4 Å². The number of hydrogen-bond donors (Lipinski definition) is 1.